The number of fused-ring (bicyclic) bond motifs is 1. The van der Waals surface area contributed by atoms with Crippen molar-refractivity contribution < 1.29 is 19.1 Å². The minimum absolute atomic E-state index is 0.0791. The number of aromatic nitrogens is 1. The van der Waals surface area contributed by atoms with Crippen molar-refractivity contribution >= 4 is 22.7 Å². The smallest absolute Gasteiger partial charge is 0.252 e. The third-order valence-electron chi connectivity index (χ3n) is 5.22. The van der Waals surface area contributed by atoms with E-state index in [0.29, 0.717) is 30.0 Å². The van der Waals surface area contributed by atoms with Crippen LogP contribution in [-0.4, -0.2) is 43.6 Å². The molecule has 1 aromatic heterocycles. The van der Waals surface area contributed by atoms with Gasteiger partial charge < -0.3 is 25.1 Å². The molecule has 2 amide bonds. The van der Waals surface area contributed by atoms with Crippen LogP contribution in [0.1, 0.15) is 29.8 Å². The van der Waals surface area contributed by atoms with Crippen LogP contribution in [0.3, 0.4) is 0 Å². The van der Waals surface area contributed by atoms with E-state index in [1.807, 2.05) is 38.2 Å². The van der Waals surface area contributed by atoms with Crippen molar-refractivity contribution in [3.8, 4) is 11.5 Å². The highest BCUT2D eigenvalue weighted by Gasteiger charge is 2.25. The molecule has 3 aromatic rings. The van der Waals surface area contributed by atoms with Crippen molar-refractivity contribution in [2.24, 2.45) is 5.92 Å². The molecule has 3 rings (SSSR count). The van der Waals surface area contributed by atoms with E-state index < -0.39 is 6.04 Å². The summed E-state index contributed by atoms with van der Waals surface area (Å²) >= 11 is 0. The maximum atomic E-state index is 12.8. The zero-order chi connectivity index (χ0) is 22.4. The number of hydrogen-bond donors (Lipinski definition) is 3. The molecule has 1 heterocycles. The number of carbonyl (C=O) groups is 2. The predicted octanol–water partition coefficient (Wildman–Crippen LogP) is 3.30. The van der Waals surface area contributed by atoms with Gasteiger partial charge in [-0.05, 0) is 36.1 Å². The van der Waals surface area contributed by atoms with Gasteiger partial charge in [-0.2, -0.15) is 0 Å². The number of hydrogen-bond acceptors (Lipinski definition) is 4. The first-order valence-corrected chi connectivity index (χ1v) is 10.3. The number of methoxy groups -OCH3 is 2. The normalized spacial score (nSPS) is 11.9. The monoisotopic (exact) mass is 423 g/mol. The Balaban J connectivity index is 1.63. The van der Waals surface area contributed by atoms with Gasteiger partial charge >= 0.3 is 0 Å². The van der Waals surface area contributed by atoms with Gasteiger partial charge in [0.2, 0.25) is 5.91 Å². The summed E-state index contributed by atoms with van der Waals surface area (Å²) in [6, 6.07) is 12.3. The maximum absolute atomic E-state index is 12.8. The first-order valence-electron chi connectivity index (χ1n) is 10.3. The minimum atomic E-state index is -0.660. The van der Waals surface area contributed by atoms with E-state index in [1.165, 1.54) is 14.2 Å². The maximum Gasteiger partial charge on any atom is 0.252 e. The Labute approximate surface area is 182 Å². The Bertz CT molecular complexity index is 1040. The van der Waals surface area contributed by atoms with Crippen LogP contribution in [0.4, 0.5) is 0 Å². The molecule has 0 unspecified atom stereocenters. The topological polar surface area (TPSA) is 92.4 Å². The number of para-hydroxylation sites is 1. The third kappa shape index (κ3) is 5.36. The molecule has 0 spiro atoms. The number of H-pyrrole nitrogens is 1. The van der Waals surface area contributed by atoms with Gasteiger partial charge in [-0.3, -0.25) is 9.59 Å². The number of aromatic amines is 1. The summed E-state index contributed by atoms with van der Waals surface area (Å²) in [5.74, 6) is 0.368. The second-order valence-corrected chi connectivity index (χ2v) is 7.70. The lowest BCUT2D eigenvalue weighted by Gasteiger charge is -2.22. The Morgan fingerprint density at radius 1 is 1.03 bits per heavy atom. The van der Waals surface area contributed by atoms with E-state index in [0.717, 1.165) is 16.5 Å². The van der Waals surface area contributed by atoms with Crippen LogP contribution in [0.25, 0.3) is 10.9 Å². The van der Waals surface area contributed by atoms with Crippen molar-refractivity contribution in [2.45, 2.75) is 26.3 Å². The molecule has 0 aliphatic carbocycles. The highest BCUT2D eigenvalue weighted by atomic mass is 16.5. The minimum Gasteiger partial charge on any atom is -0.497 e. The first kappa shape index (κ1) is 22.2. The van der Waals surface area contributed by atoms with Crippen LogP contribution in [0.2, 0.25) is 0 Å². The fraction of sp³-hybridized carbons (Fsp3) is 0.333. The average Bonchev–Trinajstić information content (AvgIpc) is 3.19. The van der Waals surface area contributed by atoms with E-state index in [1.54, 1.807) is 18.2 Å². The molecule has 3 N–H and O–H groups in total. The Morgan fingerprint density at radius 3 is 2.35 bits per heavy atom. The predicted molar refractivity (Wildman–Crippen MR) is 121 cm³/mol. The fourth-order valence-electron chi connectivity index (χ4n) is 3.47. The number of amides is 2. The molecular weight excluding hydrogens is 394 g/mol. The van der Waals surface area contributed by atoms with Crippen molar-refractivity contribution in [3.63, 3.8) is 0 Å². The van der Waals surface area contributed by atoms with Gasteiger partial charge in [0, 0.05) is 35.3 Å². The van der Waals surface area contributed by atoms with Gasteiger partial charge in [0.15, 0.2) is 0 Å². The number of benzene rings is 2. The zero-order valence-corrected chi connectivity index (χ0v) is 18.3. The molecule has 0 saturated heterocycles. The van der Waals surface area contributed by atoms with E-state index in [4.69, 9.17) is 9.47 Å². The summed E-state index contributed by atoms with van der Waals surface area (Å²) in [5, 5.41) is 6.94. The summed E-state index contributed by atoms with van der Waals surface area (Å²) in [7, 11) is 3.04. The van der Waals surface area contributed by atoms with Crippen LogP contribution >= 0.6 is 0 Å². The summed E-state index contributed by atoms with van der Waals surface area (Å²) in [5.41, 5.74) is 2.59. The molecule has 31 heavy (non-hydrogen) atoms. The summed E-state index contributed by atoms with van der Waals surface area (Å²) in [6.07, 6.45) is 2.66. The van der Waals surface area contributed by atoms with Gasteiger partial charge in [0.1, 0.15) is 17.5 Å². The molecule has 2 aromatic carbocycles. The van der Waals surface area contributed by atoms with Gasteiger partial charge in [-0.25, -0.2) is 0 Å². The number of rotatable bonds is 9. The second-order valence-electron chi connectivity index (χ2n) is 7.70. The standard InChI is InChI=1S/C24H29N3O4/c1-15(2)22(27-23(28)17-11-18(30-3)13-19(12-17)31-4)24(29)25-10-9-16-14-26-21-8-6-5-7-20(16)21/h5-8,11-15,22,26H,9-10H2,1-4H3,(H,25,29)(H,27,28)/t22-/m1/s1. The van der Waals surface area contributed by atoms with E-state index in [9.17, 15) is 9.59 Å². The van der Waals surface area contributed by atoms with Crippen LogP contribution < -0.4 is 20.1 Å². The lowest BCUT2D eigenvalue weighted by Crippen LogP contribution is -2.50. The fourth-order valence-corrected chi connectivity index (χ4v) is 3.47. The van der Waals surface area contributed by atoms with Crippen LogP contribution in [-0.2, 0) is 11.2 Å². The lowest BCUT2D eigenvalue weighted by atomic mass is 10.0. The molecule has 1 atom stereocenters. The molecule has 7 heteroatoms. The van der Waals surface area contributed by atoms with Gasteiger partial charge in [0.25, 0.3) is 5.91 Å². The van der Waals surface area contributed by atoms with Crippen molar-refractivity contribution in [1.82, 2.24) is 15.6 Å². The Hall–Kier alpha value is -3.48. The van der Waals surface area contributed by atoms with Gasteiger partial charge in [-0.1, -0.05) is 32.0 Å². The quantitative estimate of drug-likeness (QED) is 0.492. The first-order chi connectivity index (χ1) is 14.9. The Morgan fingerprint density at radius 2 is 1.71 bits per heavy atom. The highest BCUT2D eigenvalue weighted by Crippen LogP contribution is 2.23. The largest absolute Gasteiger partial charge is 0.497 e. The zero-order valence-electron chi connectivity index (χ0n) is 18.3. The molecule has 0 aliphatic heterocycles. The van der Waals surface area contributed by atoms with Crippen LogP contribution in [0.15, 0.2) is 48.7 Å². The average molecular weight is 424 g/mol. The van der Waals surface area contributed by atoms with Gasteiger partial charge in [0.05, 0.1) is 14.2 Å². The molecule has 164 valence electrons. The van der Waals surface area contributed by atoms with Gasteiger partial charge in [-0.15, -0.1) is 0 Å². The number of ether oxygens (including phenoxy) is 2. The van der Waals surface area contributed by atoms with Crippen LogP contribution in [0, 0.1) is 5.92 Å². The summed E-state index contributed by atoms with van der Waals surface area (Å²) in [6.45, 7) is 4.28. The highest BCUT2D eigenvalue weighted by molar-refractivity contribution is 5.98. The summed E-state index contributed by atoms with van der Waals surface area (Å²) in [4.78, 5) is 28.8. The Kier molecular flexibility index (Phi) is 7.18. The molecule has 7 nitrogen and oxygen atoms in total. The van der Waals surface area contributed by atoms with E-state index in [2.05, 4.69) is 21.7 Å². The second kappa shape index (κ2) is 10.0. The number of nitrogens with one attached hydrogen (secondary N) is 3. The third-order valence-corrected chi connectivity index (χ3v) is 5.22. The SMILES string of the molecule is COc1cc(OC)cc(C(=O)N[C@@H](C(=O)NCCc2c[nH]c3ccccc23)C(C)C)c1. The molecule has 0 fully saturated rings. The molecule has 0 bridgehead atoms. The van der Waals surface area contributed by atoms with Crippen molar-refractivity contribution in [1.29, 1.82) is 0 Å². The van der Waals surface area contributed by atoms with E-state index >= 15 is 0 Å². The number of carbonyl (C=O) groups excluding carboxylic acids is 2. The molecule has 0 aliphatic rings. The van der Waals surface area contributed by atoms with Crippen molar-refractivity contribution in [3.05, 3.63) is 59.8 Å². The molecular formula is C24H29N3O4. The molecule has 0 saturated carbocycles. The van der Waals surface area contributed by atoms with E-state index in [-0.39, 0.29) is 17.7 Å². The van der Waals surface area contributed by atoms with Crippen molar-refractivity contribution in [2.75, 3.05) is 20.8 Å². The molecule has 0 radical (unpaired) electrons. The van der Waals surface area contributed by atoms with Crippen LogP contribution in [0.5, 0.6) is 11.5 Å². The lowest BCUT2D eigenvalue weighted by molar-refractivity contribution is -0.123. The summed E-state index contributed by atoms with van der Waals surface area (Å²) < 4.78 is 10.4.